The average molecular weight is 347 g/mol. The number of quaternary nitrogens is 1. The first-order valence-electron chi connectivity index (χ1n) is 8.31. The zero-order valence-corrected chi connectivity index (χ0v) is 15.6. The van der Waals surface area contributed by atoms with Crippen LogP contribution in [0, 0.1) is 11.3 Å². The molecule has 120 valence electrons. The standard InChI is InChI=1S/C17H35N2.BrH/c1-4-5-6-7-8-9-10-11-12-13-16-19(2,3)17-14-15-18;/h4-14,16-17H2,1-3H3;1H/q+1;/p-1. The zero-order chi connectivity index (χ0) is 14.4. The maximum atomic E-state index is 8.62. The Hall–Kier alpha value is -0.0700. The van der Waals surface area contributed by atoms with Gasteiger partial charge < -0.3 is 21.5 Å². The molecule has 0 saturated carbocycles. The van der Waals surface area contributed by atoms with E-state index in [4.69, 9.17) is 5.26 Å². The Bertz CT molecular complexity index is 234. The van der Waals surface area contributed by atoms with Crippen molar-refractivity contribution in [2.45, 2.75) is 77.6 Å². The second-order valence-electron chi connectivity index (χ2n) is 6.47. The molecule has 0 aromatic carbocycles. The molecule has 0 aromatic rings. The Morgan fingerprint density at radius 2 is 1.20 bits per heavy atom. The molecule has 0 N–H and O–H groups in total. The summed E-state index contributed by atoms with van der Waals surface area (Å²) in [5, 5.41) is 8.62. The smallest absolute Gasteiger partial charge is 0.0914 e. The van der Waals surface area contributed by atoms with Gasteiger partial charge in [0.05, 0.1) is 39.7 Å². The highest BCUT2D eigenvalue weighted by Gasteiger charge is 2.13. The summed E-state index contributed by atoms with van der Waals surface area (Å²) < 4.78 is 1.00. The molecule has 0 radical (unpaired) electrons. The highest BCUT2D eigenvalue weighted by atomic mass is 79.9. The van der Waals surface area contributed by atoms with Gasteiger partial charge in [-0.05, 0) is 12.8 Å². The van der Waals surface area contributed by atoms with Gasteiger partial charge >= 0.3 is 0 Å². The maximum Gasteiger partial charge on any atom is 0.0914 e. The number of halogens is 1. The van der Waals surface area contributed by atoms with Crippen LogP contribution in [0.3, 0.4) is 0 Å². The predicted molar refractivity (Wildman–Crippen MR) is 83.9 cm³/mol. The summed E-state index contributed by atoms with van der Waals surface area (Å²) >= 11 is 0. The third-order valence-corrected chi connectivity index (χ3v) is 3.95. The van der Waals surface area contributed by atoms with Gasteiger partial charge in [0.1, 0.15) is 0 Å². The van der Waals surface area contributed by atoms with Crippen LogP contribution in [0.5, 0.6) is 0 Å². The van der Waals surface area contributed by atoms with E-state index < -0.39 is 0 Å². The summed E-state index contributed by atoms with van der Waals surface area (Å²) in [4.78, 5) is 0. The topological polar surface area (TPSA) is 23.8 Å². The van der Waals surface area contributed by atoms with Crippen molar-refractivity contribution in [3.63, 3.8) is 0 Å². The third kappa shape index (κ3) is 16.0. The molecule has 0 amide bonds. The lowest BCUT2D eigenvalue weighted by Crippen LogP contribution is -3.00. The molecule has 2 nitrogen and oxygen atoms in total. The lowest BCUT2D eigenvalue weighted by Gasteiger charge is -2.28. The molecule has 0 aliphatic heterocycles. The molecule has 0 heterocycles. The van der Waals surface area contributed by atoms with E-state index in [2.05, 4.69) is 27.1 Å². The molecule has 0 aliphatic carbocycles. The molecule has 0 aromatic heterocycles. The summed E-state index contributed by atoms with van der Waals surface area (Å²) in [6, 6.07) is 2.25. The second kappa shape index (κ2) is 15.3. The van der Waals surface area contributed by atoms with E-state index >= 15 is 0 Å². The highest BCUT2D eigenvalue weighted by Crippen LogP contribution is 2.11. The van der Waals surface area contributed by atoms with Crippen molar-refractivity contribution in [2.75, 3.05) is 27.2 Å². The number of nitrogens with zero attached hydrogens (tertiary/aromatic N) is 2. The van der Waals surface area contributed by atoms with Crippen molar-refractivity contribution in [1.82, 2.24) is 0 Å². The quantitative estimate of drug-likeness (QED) is 0.369. The molecule has 0 atom stereocenters. The SMILES string of the molecule is CCCCCCCCCCCC[N+](C)(C)CCC#N.[Br-]. The van der Waals surface area contributed by atoms with Gasteiger partial charge in [-0.1, -0.05) is 58.3 Å². The molecule has 3 heteroatoms. The Morgan fingerprint density at radius 3 is 1.65 bits per heavy atom. The van der Waals surface area contributed by atoms with E-state index in [1.54, 1.807) is 0 Å². The Morgan fingerprint density at radius 1 is 0.750 bits per heavy atom. The summed E-state index contributed by atoms with van der Waals surface area (Å²) in [6.07, 6.45) is 14.7. The van der Waals surface area contributed by atoms with Gasteiger partial charge in [-0.15, -0.1) is 0 Å². The molecule has 0 aliphatic rings. The van der Waals surface area contributed by atoms with Crippen LogP contribution in [-0.2, 0) is 0 Å². The van der Waals surface area contributed by atoms with Gasteiger partial charge in [-0.25, -0.2) is 0 Å². The van der Waals surface area contributed by atoms with Crippen LogP contribution in [0.15, 0.2) is 0 Å². The van der Waals surface area contributed by atoms with Crippen molar-refractivity contribution in [3.05, 3.63) is 0 Å². The summed E-state index contributed by atoms with van der Waals surface area (Å²) in [5.41, 5.74) is 0. The van der Waals surface area contributed by atoms with Crippen molar-refractivity contribution in [1.29, 1.82) is 5.26 Å². The number of hydrogen-bond donors (Lipinski definition) is 0. The lowest BCUT2D eigenvalue weighted by molar-refractivity contribution is -0.890. The molecule has 0 fully saturated rings. The van der Waals surface area contributed by atoms with Crippen LogP contribution in [0.4, 0.5) is 0 Å². The number of nitriles is 1. The Kier molecular flexibility index (Phi) is 17.0. The van der Waals surface area contributed by atoms with Gasteiger partial charge in [0, 0.05) is 0 Å². The molecular formula is C17H35BrN2. The first-order valence-corrected chi connectivity index (χ1v) is 8.31. The minimum absolute atomic E-state index is 0. The molecule has 20 heavy (non-hydrogen) atoms. The van der Waals surface area contributed by atoms with Crippen LogP contribution in [0.25, 0.3) is 0 Å². The second-order valence-corrected chi connectivity index (χ2v) is 6.47. The van der Waals surface area contributed by atoms with Crippen molar-refractivity contribution in [2.24, 2.45) is 0 Å². The van der Waals surface area contributed by atoms with Gasteiger partial charge in [-0.3, -0.25) is 0 Å². The largest absolute Gasteiger partial charge is 1.00 e. The Balaban J connectivity index is 0. The number of rotatable bonds is 13. The zero-order valence-electron chi connectivity index (χ0n) is 14.0. The van der Waals surface area contributed by atoms with E-state index in [0.29, 0.717) is 6.42 Å². The third-order valence-electron chi connectivity index (χ3n) is 3.95. The van der Waals surface area contributed by atoms with Crippen LogP contribution < -0.4 is 17.0 Å². The normalized spacial score (nSPS) is 10.9. The van der Waals surface area contributed by atoms with Crippen LogP contribution in [0.2, 0.25) is 0 Å². The van der Waals surface area contributed by atoms with E-state index in [1.165, 1.54) is 70.8 Å². The molecule has 0 bridgehead atoms. The fraction of sp³-hybridized carbons (Fsp3) is 0.941. The molecule has 0 unspecified atom stereocenters. The van der Waals surface area contributed by atoms with E-state index in [9.17, 15) is 0 Å². The predicted octanol–water partition coefficient (Wildman–Crippen LogP) is 1.90. The molecule has 0 spiro atoms. The Labute approximate surface area is 137 Å². The molecule has 0 saturated heterocycles. The first-order chi connectivity index (χ1) is 9.12. The average Bonchev–Trinajstić information content (AvgIpc) is 2.38. The van der Waals surface area contributed by atoms with Crippen LogP contribution in [0.1, 0.15) is 77.6 Å². The molecular weight excluding hydrogens is 312 g/mol. The van der Waals surface area contributed by atoms with Gasteiger partial charge in [0.15, 0.2) is 0 Å². The number of unbranched alkanes of at least 4 members (excludes halogenated alkanes) is 9. The van der Waals surface area contributed by atoms with Crippen molar-refractivity contribution >= 4 is 0 Å². The number of hydrogen-bond acceptors (Lipinski definition) is 1. The van der Waals surface area contributed by atoms with E-state index in [-0.39, 0.29) is 17.0 Å². The summed E-state index contributed by atoms with van der Waals surface area (Å²) in [5.74, 6) is 0. The van der Waals surface area contributed by atoms with Gasteiger partial charge in [0.25, 0.3) is 0 Å². The summed E-state index contributed by atoms with van der Waals surface area (Å²) in [6.45, 7) is 4.49. The van der Waals surface area contributed by atoms with E-state index in [0.717, 1.165) is 11.0 Å². The fourth-order valence-electron chi connectivity index (χ4n) is 2.49. The summed E-state index contributed by atoms with van der Waals surface area (Å²) in [7, 11) is 4.48. The molecule has 0 rings (SSSR count). The van der Waals surface area contributed by atoms with Gasteiger partial charge in [-0.2, -0.15) is 5.26 Å². The lowest BCUT2D eigenvalue weighted by atomic mass is 10.1. The minimum Gasteiger partial charge on any atom is -1.00 e. The monoisotopic (exact) mass is 346 g/mol. The fourth-order valence-corrected chi connectivity index (χ4v) is 2.49. The highest BCUT2D eigenvalue weighted by molar-refractivity contribution is 4.67. The van der Waals surface area contributed by atoms with Crippen LogP contribution in [-0.4, -0.2) is 31.7 Å². The van der Waals surface area contributed by atoms with Gasteiger partial charge in [0.2, 0.25) is 0 Å². The minimum atomic E-state index is 0. The first kappa shape index (κ1) is 22.2. The maximum absolute atomic E-state index is 8.62. The van der Waals surface area contributed by atoms with Crippen molar-refractivity contribution < 1.29 is 21.5 Å². The van der Waals surface area contributed by atoms with Crippen molar-refractivity contribution in [3.8, 4) is 6.07 Å². The van der Waals surface area contributed by atoms with Crippen LogP contribution >= 0.6 is 0 Å². The van der Waals surface area contributed by atoms with E-state index in [1.807, 2.05) is 0 Å².